The Morgan fingerprint density at radius 2 is 1.80 bits per heavy atom. The van der Waals surface area contributed by atoms with Gasteiger partial charge in [0.15, 0.2) is 0 Å². The number of rotatable bonds is 5. The summed E-state index contributed by atoms with van der Waals surface area (Å²) in [6, 6.07) is 0.421. The van der Waals surface area contributed by atoms with Gasteiger partial charge < -0.3 is 5.32 Å². The minimum atomic E-state index is -2.85. The number of hydrogen-bond acceptors (Lipinski definition) is 3. The second-order valence-corrected chi connectivity index (χ2v) is 9.52. The van der Waals surface area contributed by atoms with Gasteiger partial charge >= 0.3 is 0 Å². The summed E-state index contributed by atoms with van der Waals surface area (Å²) in [7, 11) is -2.85. The van der Waals surface area contributed by atoms with Crippen LogP contribution in [0.4, 0.5) is 0 Å². The Bertz CT molecular complexity index is 393. The number of sulfone groups is 1. The molecule has 118 valence electrons. The van der Waals surface area contributed by atoms with Crippen molar-refractivity contribution in [3.8, 4) is 0 Å². The van der Waals surface area contributed by atoms with E-state index in [1.807, 2.05) is 0 Å². The summed E-state index contributed by atoms with van der Waals surface area (Å²) < 4.78 is 23.3. The van der Waals surface area contributed by atoms with E-state index in [0.717, 1.165) is 44.1 Å². The lowest BCUT2D eigenvalue weighted by Gasteiger charge is -2.30. The molecule has 0 aromatic rings. The molecule has 0 amide bonds. The smallest absolute Gasteiger partial charge is 0.150 e. The van der Waals surface area contributed by atoms with Gasteiger partial charge in [-0.15, -0.1) is 0 Å². The molecule has 1 N–H and O–H groups in total. The monoisotopic (exact) mass is 301 g/mol. The third kappa shape index (κ3) is 5.03. The molecule has 20 heavy (non-hydrogen) atoms. The first kappa shape index (κ1) is 16.3. The van der Waals surface area contributed by atoms with Crippen molar-refractivity contribution >= 4 is 9.84 Å². The summed E-state index contributed by atoms with van der Waals surface area (Å²) >= 11 is 0. The number of nitrogens with one attached hydrogen (secondary N) is 1. The summed E-state index contributed by atoms with van der Waals surface area (Å²) in [5, 5.41) is 3.51. The molecule has 0 saturated heterocycles. The first-order valence-electron chi connectivity index (χ1n) is 8.37. The van der Waals surface area contributed by atoms with E-state index in [0.29, 0.717) is 6.04 Å². The van der Waals surface area contributed by atoms with Crippen LogP contribution in [0.3, 0.4) is 0 Å². The summed E-state index contributed by atoms with van der Waals surface area (Å²) in [6.07, 6.45) is 12.1. The lowest BCUT2D eigenvalue weighted by atomic mass is 9.81. The van der Waals surface area contributed by atoms with Crippen LogP contribution in [0.2, 0.25) is 0 Å². The standard InChI is InChI=1S/C16H31NO2S/c1-13-5-3-6-14(11-13)9-10-17-15-7-4-8-16(12-15)20(2,18)19/h13-17H,3-12H2,1-2H3. The summed E-state index contributed by atoms with van der Waals surface area (Å²) in [4.78, 5) is 0. The molecule has 0 heterocycles. The fraction of sp³-hybridized carbons (Fsp3) is 1.00. The maximum absolute atomic E-state index is 11.7. The van der Waals surface area contributed by atoms with Crippen LogP contribution in [0, 0.1) is 11.8 Å². The molecule has 0 aromatic heterocycles. The zero-order chi connectivity index (χ0) is 14.6. The van der Waals surface area contributed by atoms with E-state index in [-0.39, 0.29) is 5.25 Å². The van der Waals surface area contributed by atoms with Gasteiger partial charge in [0.25, 0.3) is 0 Å². The molecule has 4 unspecified atom stereocenters. The van der Waals surface area contributed by atoms with Crippen molar-refractivity contribution in [3.63, 3.8) is 0 Å². The van der Waals surface area contributed by atoms with Crippen LogP contribution in [-0.4, -0.2) is 32.5 Å². The van der Waals surface area contributed by atoms with Crippen molar-refractivity contribution in [1.29, 1.82) is 0 Å². The molecule has 2 saturated carbocycles. The zero-order valence-electron chi connectivity index (χ0n) is 13.1. The normalized spacial score (nSPS) is 35.9. The second kappa shape index (κ2) is 7.26. The summed E-state index contributed by atoms with van der Waals surface area (Å²) in [6.45, 7) is 3.44. The van der Waals surface area contributed by atoms with Gasteiger partial charge in [0.05, 0.1) is 5.25 Å². The maximum atomic E-state index is 11.7. The molecular formula is C16H31NO2S. The molecule has 2 fully saturated rings. The SMILES string of the molecule is CC1CCCC(CCNC2CCCC(S(C)(=O)=O)C2)C1. The van der Waals surface area contributed by atoms with Crippen molar-refractivity contribution in [2.24, 2.45) is 11.8 Å². The van der Waals surface area contributed by atoms with Gasteiger partial charge in [0.2, 0.25) is 0 Å². The van der Waals surface area contributed by atoms with Crippen LogP contribution in [0.5, 0.6) is 0 Å². The van der Waals surface area contributed by atoms with Crippen molar-refractivity contribution in [2.45, 2.75) is 76.0 Å². The summed E-state index contributed by atoms with van der Waals surface area (Å²) in [5.74, 6) is 1.79. The first-order valence-corrected chi connectivity index (χ1v) is 10.3. The summed E-state index contributed by atoms with van der Waals surface area (Å²) in [5.41, 5.74) is 0. The fourth-order valence-electron chi connectivity index (χ4n) is 4.03. The second-order valence-electron chi connectivity index (χ2n) is 7.20. The van der Waals surface area contributed by atoms with Crippen molar-refractivity contribution in [3.05, 3.63) is 0 Å². The molecule has 0 aromatic carbocycles. The molecule has 0 spiro atoms. The Morgan fingerprint density at radius 3 is 2.50 bits per heavy atom. The van der Waals surface area contributed by atoms with E-state index in [4.69, 9.17) is 0 Å². The van der Waals surface area contributed by atoms with Gasteiger partial charge in [-0.05, 0) is 50.5 Å². The first-order chi connectivity index (χ1) is 9.45. The Labute approximate surface area is 124 Å². The van der Waals surface area contributed by atoms with Crippen LogP contribution in [0.15, 0.2) is 0 Å². The molecule has 4 heteroatoms. The third-order valence-electron chi connectivity index (χ3n) is 5.26. The molecule has 2 rings (SSSR count). The fourth-order valence-corrected chi connectivity index (χ4v) is 5.21. The van der Waals surface area contributed by atoms with Gasteiger partial charge in [0, 0.05) is 12.3 Å². The molecular weight excluding hydrogens is 270 g/mol. The highest BCUT2D eigenvalue weighted by Gasteiger charge is 2.28. The van der Waals surface area contributed by atoms with Gasteiger partial charge in [-0.1, -0.05) is 32.6 Å². The predicted molar refractivity (Wildman–Crippen MR) is 84.6 cm³/mol. The molecule has 2 aliphatic carbocycles. The van der Waals surface area contributed by atoms with E-state index >= 15 is 0 Å². The van der Waals surface area contributed by atoms with Crippen molar-refractivity contribution in [2.75, 3.05) is 12.8 Å². The Balaban J connectivity index is 1.68. The zero-order valence-corrected chi connectivity index (χ0v) is 13.9. The minimum absolute atomic E-state index is 0.108. The number of hydrogen-bond donors (Lipinski definition) is 1. The lowest BCUT2D eigenvalue weighted by molar-refractivity contribution is 0.260. The highest BCUT2D eigenvalue weighted by molar-refractivity contribution is 7.91. The molecule has 0 radical (unpaired) electrons. The molecule has 0 bridgehead atoms. The van der Waals surface area contributed by atoms with E-state index in [2.05, 4.69) is 12.2 Å². The highest BCUT2D eigenvalue weighted by atomic mass is 32.2. The van der Waals surface area contributed by atoms with Gasteiger partial charge in [-0.25, -0.2) is 8.42 Å². The predicted octanol–water partition coefficient (Wildman–Crippen LogP) is 3.15. The molecule has 2 aliphatic rings. The highest BCUT2D eigenvalue weighted by Crippen LogP contribution is 2.30. The lowest BCUT2D eigenvalue weighted by Crippen LogP contribution is -2.39. The average Bonchev–Trinajstić information content (AvgIpc) is 2.38. The Kier molecular flexibility index (Phi) is 5.91. The van der Waals surface area contributed by atoms with E-state index in [1.54, 1.807) is 0 Å². The maximum Gasteiger partial charge on any atom is 0.150 e. The Morgan fingerprint density at radius 1 is 1.05 bits per heavy atom. The van der Waals surface area contributed by atoms with Crippen molar-refractivity contribution < 1.29 is 8.42 Å². The molecule has 0 aliphatic heterocycles. The third-order valence-corrected chi connectivity index (χ3v) is 6.90. The minimum Gasteiger partial charge on any atom is -0.314 e. The van der Waals surface area contributed by atoms with Crippen LogP contribution in [0.25, 0.3) is 0 Å². The molecule has 3 nitrogen and oxygen atoms in total. The van der Waals surface area contributed by atoms with Crippen molar-refractivity contribution in [1.82, 2.24) is 5.32 Å². The van der Waals surface area contributed by atoms with Gasteiger partial charge in [-0.2, -0.15) is 0 Å². The van der Waals surface area contributed by atoms with E-state index in [1.165, 1.54) is 38.4 Å². The quantitative estimate of drug-likeness (QED) is 0.848. The molecule has 4 atom stereocenters. The van der Waals surface area contributed by atoms with Crippen LogP contribution in [0.1, 0.15) is 64.7 Å². The van der Waals surface area contributed by atoms with E-state index in [9.17, 15) is 8.42 Å². The topological polar surface area (TPSA) is 46.2 Å². The average molecular weight is 301 g/mol. The largest absolute Gasteiger partial charge is 0.314 e. The van der Waals surface area contributed by atoms with Crippen LogP contribution < -0.4 is 5.32 Å². The van der Waals surface area contributed by atoms with Crippen LogP contribution in [-0.2, 0) is 9.84 Å². The Hall–Kier alpha value is -0.0900. The van der Waals surface area contributed by atoms with Gasteiger partial charge in [-0.3, -0.25) is 0 Å². The van der Waals surface area contributed by atoms with Gasteiger partial charge in [0.1, 0.15) is 9.84 Å². The van der Waals surface area contributed by atoms with Crippen LogP contribution >= 0.6 is 0 Å². The van der Waals surface area contributed by atoms with E-state index < -0.39 is 9.84 Å².